The molecule has 0 amide bonds. The van der Waals surface area contributed by atoms with Crippen molar-refractivity contribution in [1.82, 2.24) is 0 Å². The number of halogens is 3. The largest absolute Gasteiger partial charge is 0.490 e. The summed E-state index contributed by atoms with van der Waals surface area (Å²) < 4.78 is 20.1. The molecule has 0 heterocycles. The Hall–Kier alpha value is -0.0900. The van der Waals surface area contributed by atoms with Crippen molar-refractivity contribution >= 4 is 31.9 Å². The van der Waals surface area contributed by atoms with Crippen molar-refractivity contribution in [2.24, 2.45) is 0 Å². The molecule has 0 atom stereocenters. The molecule has 0 saturated carbocycles. The molecule has 0 bridgehead atoms. The molecule has 0 spiro atoms. The van der Waals surface area contributed by atoms with Crippen LogP contribution < -0.4 is 4.74 Å². The van der Waals surface area contributed by atoms with Crippen molar-refractivity contribution in [1.29, 1.82) is 0 Å². The first-order valence-electron chi connectivity index (χ1n) is 3.84. The maximum atomic E-state index is 13.5. The van der Waals surface area contributed by atoms with Gasteiger partial charge in [0.15, 0.2) is 11.6 Å². The molecular weight excluding hydrogens is 303 g/mol. The number of hydrogen-bond acceptors (Lipinski definition) is 1. The van der Waals surface area contributed by atoms with Crippen molar-refractivity contribution in [3.63, 3.8) is 0 Å². The van der Waals surface area contributed by atoms with Crippen LogP contribution in [0.3, 0.4) is 0 Å². The van der Waals surface area contributed by atoms with E-state index in [0.717, 1.165) is 4.47 Å². The smallest absolute Gasteiger partial charge is 0.170 e. The second kappa shape index (κ2) is 4.42. The normalized spacial score (nSPS) is 10.2. The van der Waals surface area contributed by atoms with Gasteiger partial charge in [-0.3, -0.25) is 0 Å². The van der Waals surface area contributed by atoms with Gasteiger partial charge in [0.2, 0.25) is 0 Å². The van der Waals surface area contributed by atoms with Gasteiger partial charge in [0.25, 0.3) is 0 Å². The van der Waals surface area contributed by atoms with Crippen LogP contribution in [0.5, 0.6) is 5.75 Å². The molecule has 0 aliphatic carbocycles. The van der Waals surface area contributed by atoms with Crippen molar-refractivity contribution < 1.29 is 9.13 Å². The highest BCUT2D eigenvalue weighted by atomic mass is 79.9. The fourth-order valence-electron chi connectivity index (χ4n) is 0.942. The fraction of sp³-hybridized carbons (Fsp3) is 0.333. The van der Waals surface area contributed by atoms with E-state index in [9.17, 15) is 4.39 Å². The predicted molar refractivity (Wildman–Crippen MR) is 57.7 cm³/mol. The Bertz CT molecular complexity index is 326. The summed E-state index contributed by atoms with van der Waals surface area (Å²) >= 11 is 6.49. The van der Waals surface area contributed by atoms with Gasteiger partial charge in [0, 0.05) is 10.0 Å². The van der Waals surface area contributed by atoms with Crippen LogP contribution in [0.2, 0.25) is 0 Å². The predicted octanol–water partition coefficient (Wildman–Crippen LogP) is 4.06. The highest BCUT2D eigenvalue weighted by molar-refractivity contribution is 9.11. The van der Waals surface area contributed by atoms with Crippen LogP contribution in [0.4, 0.5) is 4.39 Å². The molecule has 0 aliphatic heterocycles. The quantitative estimate of drug-likeness (QED) is 0.800. The first-order chi connectivity index (χ1) is 6.07. The number of ether oxygens (including phenoxy) is 1. The van der Waals surface area contributed by atoms with Gasteiger partial charge < -0.3 is 4.74 Å². The summed E-state index contributed by atoms with van der Waals surface area (Å²) in [6, 6.07) is 1.78. The Kier molecular flexibility index (Phi) is 3.74. The lowest BCUT2D eigenvalue weighted by Gasteiger charge is -2.10. The molecule has 0 radical (unpaired) electrons. The summed E-state index contributed by atoms with van der Waals surface area (Å²) in [6.07, 6.45) is 0. The van der Waals surface area contributed by atoms with Gasteiger partial charge in [-0.2, -0.15) is 0 Å². The van der Waals surface area contributed by atoms with Crippen LogP contribution in [-0.4, -0.2) is 6.61 Å². The summed E-state index contributed by atoms with van der Waals surface area (Å²) in [4.78, 5) is 0. The minimum absolute atomic E-state index is 0.281. The van der Waals surface area contributed by atoms with Gasteiger partial charge in [0.05, 0.1) is 11.1 Å². The van der Waals surface area contributed by atoms with Gasteiger partial charge in [0.1, 0.15) is 0 Å². The third-order valence-corrected chi connectivity index (χ3v) is 3.06. The Morgan fingerprint density at radius 1 is 1.38 bits per heavy atom. The number of hydrogen-bond donors (Lipinski definition) is 0. The van der Waals surface area contributed by atoms with E-state index in [4.69, 9.17) is 4.74 Å². The van der Waals surface area contributed by atoms with Crippen LogP contribution in [0.15, 0.2) is 15.0 Å². The third-order valence-electron chi connectivity index (χ3n) is 1.65. The van der Waals surface area contributed by atoms with Crippen molar-refractivity contribution in [3.05, 3.63) is 26.4 Å². The molecule has 1 rings (SSSR count). The molecule has 0 fully saturated rings. The van der Waals surface area contributed by atoms with Crippen LogP contribution in [0.1, 0.15) is 12.5 Å². The minimum Gasteiger partial charge on any atom is -0.490 e. The van der Waals surface area contributed by atoms with Gasteiger partial charge >= 0.3 is 0 Å². The minimum atomic E-state index is -0.317. The average molecular weight is 312 g/mol. The van der Waals surface area contributed by atoms with Crippen LogP contribution in [0, 0.1) is 12.7 Å². The highest BCUT2D eigenvalue weighted by Crippen LogP contribution is 2.34. The second-order valence-corrected chi connectivity index (χ2v) is 4.25. The molecule has 4 heteroatoms. The Balaban J connectivity index is 3.26. The van der Waals surface area contributed by atoms with E-state index in [1.54, 1.807) is 13.0 Å². The van der Waals surface area contributed by atoms with Gasteiger partial charge in [-0.25, -0.2) is 4.39 Å². The molecule has 0 aliphatic rings. The average Bonchev–Trinajstić information content (AvgIpc) is 2.09. The molecule has 1 aromatic rings. The number of benzene rings is 1. The van der Waals surface area contributed by atoms with E-state index in [1.807, 2.05) is 6.92 Å². The van der Waals surface area contributed by atoms with Crippen molar-refractivity contribution in [2.75, 3.05) is 6.61 Å². The molecule has 72 valence electrons. The zero-order valence-corrected chi connectivity index (χ0v) is 10.5. The van der Waals surface area contributed by atoms with Crippen molar-refractivity contribution in [2.45, 2.75) is 13.8 Å². The van der Waals surface area contributed by atoms with E-state index in [-0.39, 0.29) is 11.6 Å². The van der Waals surface area contributed by atoms with Gasteiger partial charge in [-0.15, -0.1) is 0 Å². The molecule has 0 N–H and O–H groups in total. The Labute approximate surface area is 93.5 Å². The summed E-state index contributed by atoms with van der Waals surface area (Å²) in [5, 5.41) is 0. The first-order valence-corrected chi connectivity index (χ1v) is 5.43. The molecular formula is C9H9Br2FO. The van der Waals surface area contributed by atoms with Crippen molar-refractivity contribution in [3.8, 4) is 5.75 Å². The summed E-state index contributed by atoms with van der Waals surface area (Å²) in [6.45, 7) is 3.98. The maximum absolute atomic E-state index is 13.5. The van der Waals surface area contributed by atoms with E-state index in [2.05, 4.69) is 31.9 Å². The molecule has 13 heavy (non-hydrogen) atoms. The van der Waals surface area contributed by atoms with E-state index in [0.29, 0.717) is 16.6 Å². The molecule has 0 unspecified atom stereocenters. The molecule has 0 aromatic heterocycles. The highest BCUT2D eigenvalue weighted by Gasteiger charge is 2.13. The summed E-state index contributed by atoms with van der Waals surface area (Å²) in [5.74, 6) is -0.0358. The topological polar surface area (TPSA) is 9.23 Å². The molecule has 1 nitrogen and oxygen atoms in total. The standard InChI is InChI=1S/C9H9Br2FO/c1-3-13-9-7(11)4-6(10)5(2)8(9)12/h4H,3H2,1-2H3. The van der Waals surface area contributed by atoms with Gasteiger partial charge in [-0.1, -0.05) is 15.9 Å². The first kappa shape index (κ1) is 11.0. The Morgan fingerprint density at radius 2 is 2.00 bits per heavy atom. The molecule has 1 aromatic carbocycles. The molecule has 0 saturated heterocycles. The zero-order valence-electron chi connectivity index (χ0n) is 7.33. The van der Waals surface area contributed by atoms with E-state index in [1.165, 1.54) is 0 Å². The van der Waals surface area contributed by atoms with Crippen LogP contribution in [-0.2, 0) is 0 Å². The van der Waals surface area contributed by atoms with Crippen LogP contribution in [0.25, 0.3) is 0 Å². The van der Waals surface area contributed by atoms with Gasteiger partial charge in [-0.05, 0) is 35.8 Å². The third kappa shape index (κ3) is 2.23. The van der Waals surface area contributed by atoms with Crippen LogP contribution >= 0.6 is 31.9 Å². The lowest BCUT2D eigenvalue weighted by molar-refractivity contribution is 0.318. The lowest BCUT2D eigenvalue weighted by atomic mass is 10.2. The van der Waals surface area contributed by atoms with E-state index >= 15 is 0 Å². The fourth-order valence-corrected chi connectivity index (χ4v) is 2.17. The monoisotopic (exact) mass is 310 g/mol. The summed E-state index contributed by atoms with van der Waals surface area (Å²) in [5.41, 5.74) is 0.562. The SMILES string of the molecule is CCOc1c(Br)cc(Br)c(C)c1F. The number of rotatable bonds is 2. The maximum Gasteiger partial charge on any atom is 0.170 e. The van der Waals surface area contributed by atoms with E-state index < -0.39 is 0 Å². The summed E-state index contributed by atoms with van der Waals surface area (Å²) in [7, 11) is 0. The second-order valence-electron chi connectivity index (χ2n) is 2.54. The Morgan fingerprint density at radius 3 is 2.54 bits per heavy atom. The lowest BCUT2D eigenvalue weighted by Crippen LogP contribution is -1.98. The zero-order chi connectivity index (χ0) is 10.0.